The predicted octanol–water partition coefficient (Wildman–Crippen LogP) is 1.83. The van der Waals surface area contributed by atoms with Crippen LogP contribution in [0.1, 0.15) is 29.4 Å². The molecule has 0 amide bonds. The maximum Gasteiger partial charge on any atom is 0.356 e. The van der Waals surface area contributed by atoms with Crippen LogP contribution in [0.3, 0.4) is 0 Å². The van der Waals surface area contributed by atoms with E-state index in [1.807, 2.05) is 6.92 Å². The van der Waals surface area contributed by atoms with Crippen molar-refractivity contribution in [1.29, 1.82) is 0 Å². The summed E-state index contributed by atoms with van der Waals surface area (Å²) in [7, 11) is 1.72. The van der Waals surface area contributed by atoms with Crippen molar-refractivity contribution in [1.82, 2.24) is 9.78 Å². The van der Waals surface area contributed by atoms with Crippen LogP contribution in [0.25, 0.3) is 0 Å². The highest BCUT2D eigenvalue weighted by Crippen LogP contribution is 2.21. The highest BCUT2D eigenvalue weighted by Gasteiger charge is 2.18. The molecule has 5 heteroatoms. The first-order chi connectivity index (χ1) is 6.07. The molecule has 0 radical (unpaired) electrons. The number of carboxylic acid groups (broad SMARTS) is 1. The van der Waals surface area contributed by atoms with Crippen molar-refractivity contribution in [3.63, 3.8) is 0 Å². The Morgan fingerprint density at radius 1 is 1.69 bits per heavy atom. The molecule has 1 N–H and O–H groups in total. The van der Waals surface area contributed by atoms with E-state index in [9.17, 15) is 4.79 Å². The lowest BCUT2D eigenvalue weighted by atomic mass is 10.1. The van der Waals surface area contributed by atoms with Crippen LogP contribution < -0.4 is 0 Å². The van der Waals surface area contributed by atoms with Crippen LogP contribution >= 0.6 is 15.9 Å². The van der Waals surface area contributed by atoms with Gasteiger partial charge in [-0.05, 0) is 22.4 Å². The SMILES string of the molecule is CCCc1c(C(=O)O)nn(C)c1Br. The van der Waals surface area contributed by atoms with E-state index in [0.717, 1.165) is 23.0 Å². The topological polar surface area (TPSA) is 55.1 Å². The van der Waals surface area contributed by atoms with Gasteiger partial charge in [0.15, 0.2) is 5.69 Å². The maximum atomic E-state index is 10.8. The van der Waals surface area contributed by atoms with Gasteiger partial charge in [-0.15, -0.1) is 0 Å². The van der Waals surface area contributed by atoms with Crippen LogP contribution in [0.4, 0.5) is 0 Å². The highest BCUT2D eigenvalue weighted by molar-refractivity contribution is 9.10. The summed E-state index contributed by atoms with van der Waals surface area (Å²) in [6.07, 6.45) is 1.64. The second-order valence-electron chi connectivity index (χ2n) is 2.80. The Labute approximate surface area is 84.7 Å². The molecule has 0 aliphatic carbocycles. The zero-order valence-electron chi connectivity index (χ0n) is 7.54. The molecule has 0 saturated carbocycles. The maximum absolute atomic E-state index is 10.8. The van der Waals surface area contributed by atoms with Crippen molar-refractivity contribution >= 4 is 21.9 Å². The minimum absolute atomic E-state index is 0.149. The number of aryl methyl sites for hydroxylation is 1. The van der Waals surface area contributed by atoms with Crippen LogP contribution in [0.2, 0.25) is 0 Å². The Kier molecular flexibility index (Phi) is 3.08. The monoisotopic (exact) mass is 246 g/mol. The Balaban J connectivity index is 3.18. The average Bonchev–Trinajstić information content (AvgIpc) is 2.33. The Morgan fingerprint density at radius 3 is 2.77 bits per heavy atom. The van der Waals surface area contributed by atoms with Crippen molar-refractivity contribution in [3.05, 3.63) is 15.9 Å². The number of halogens is 1. The lowest BCUT2D eigenvalue weighted by Gasteiger charge is -1.96. The second kappa shape index (κ2) is 3.91. The van der Waals surface area contributed by atoms with Gasteiger partial charge in [0.2, 0.25) is 0 Å². The van der Waals surface area contributed by atoms with Gasteiger partial charge in [-0.1, -0.05) is 13.3 Å². The summed E-state index contributed by atoms with van der Waals surface area (Å²) in [6, 6.07) is 0. The van der Waals surface area contributed by atoms with Crippen molar-refractivity contribution in [2.24, 2.45) is 7.05 Å². The zero-order chi connectivity index (χ0) is 10.0. The molecule has 0 atom stereocenters. The molecule has 1 rings (SSSR count). The van der Waals surface area contributed by atoms with Gasteiger partial charge in [-0.3, -0.25) is 4.68 Å². The minimum Gasteiger partial charge on any atom is -0.476 e. The molecule has 0 saturated heterocycles. The standard InChI is InChI=1S/C8H11BrN2O2/c1-3-4-5-6(8(12)13)10-11(2)7(5)9/h3-4H2,1-2H3,(H,12,13). The lowest BCUT2D eigenvalue weighted by Crippen LogP contribution is -2.01. The van der Waals surface area contributed by atoms with E-state index in [1.54, 1.807) is 7.05 Å². The third-order valence-electron chi connectivity index (χ3n) is 1.77. The highest BCUT2D eigenvalue weighted by atomic mass is 79.9. The third-order valence-corrected chi connectivity index (χ3v) is 2.76. The van der Waals surface area contributed by atoms with Crippen LogP contribution in [0, 0.1) is 0 Å². The molecular formula is C8H11BrN2O2. The molecule has 0 fully saturated rings. The van der Waals surface area contributed by atoms with Gasteiger partial charge in [-0.25, -0.2) is 4.79 Å². The molecule has 0 aliphatic rings. The molecule has 13 heavy (non-hydrogen) atoms. The molecule has 0 bridgehead atoms. The van der Waals surface area contributed by atoms with Gasteiger partial charge in [0.25, 0.3) is 0 Å². The quantitative estimate of drug-likeness (QED) is 0.886. The van der Waals surface area contributed by atoms with Crippen molar-refractivity contribution < 1.29 is 9.90 Å². The van der Waals surface area contributed by atoms with Crippen LogP contribution in [-0.2, 0) is 13.5 Å². The molecule has 72 valence electrons. The van der Waals surface area contributed by atoms with Crippen molar-refractivity contribution in [2.75, 3.05) is 0 Å². The van der Waals surface area contributed by atoms with Crippen LogP contribution in [-0.4, -0.2) is 20.9 Å². The average molecular weight is 247 g/mol. The van der Waals surface area contributed by atoms with Gasteiger partial charge >= 0.3 is 5.97 Å². The molecule has 0 aliphatic heterocycles. The summed E-state index contributed by atoms with van der Waals surface area (Å²) in [5, 5.41) is 12.7. The first-order valence-corrected chi connectivity index (χ1v) is 4.81. The van der Waals surface area contributed by atoms with Gasteiger partial charge in [0.05, 0.1) is 0 Å². The second-order valence-corrected chi connectivity index (χ2v) is 3.55. The van der Waals surface area contributed by atoms with Gasteiger partial charge in [-0.2, -0.15) is 5.10 Å². The van der Waals surface area contributed by atoms with E-state index >= 15 is 0 Å². The van der Waals surface area contributed by atoms with Crippen molar-refractivity contribution in [2.45, 2.75) is 19.8 Å². The smallest absolute Gasteiger partial charge is 0.356 e. The lowest BCUT2D eigenvalue weighted by molar-refractivity contribution is 0.0688. The summed E-state index contributed by atoms with van der Waals surface area (Å²) in [4.78, 5) is 10.8. The van der Waals surface area contributed by atoms with Gasteiger partial charge in [0, 0.05) is 12.6 Å². The summed E-state index contributed by atoms with van der Waals surface area (Å²) in [6.45, 7) is 2.01. The van der Waals surface area contributed by atoms with E-state index in [0.29, 0.717) is 0 Å². The van der Waals surface area contributed by atoms with E-state index in [-0.39, 0.29) is 5.69 Å². The van der Waals surface area contributed by atoms with E-state index in [2.05, 4.69) is 21.0 Å². The minimum atomic E-state index is -0.968. The first-order valence-electron chi connectivity index (χ1n) is 4.02. The van der Waals surface area contributed by atoms with Gasteiger partial charge in [0.1, 0.15) is 4.60 Å². The normalized spacial score (nSPS) is 10.4. The Hall–Kier alpha value is -0.840. The summed E-state index contributed by atoms with van der Waals surface area (Å²) >= 11 is 3.31. The Bertz CT molecular complexity index is 333. The first kappa shape index (κ1) is 10.2. The molecule has 1 aromatic heterocycles. The Morgan fingerprint density at radius 2 is 2.31 bits per heavy atom. The fourth-order valence-electron chi connectivity index (χ4n) is 1.19. The number of hydrogen-bond acceptors (Lipinski definition) is 2. The molecule has 0 unspecified atom stereocenters. The van der Waals surface area contributed by atoms with Crippen LogP contribution in [0.15, 0.2) is 4.60 Å². The number of aromatic nitrogens is 2. The van der Waals surface area contributed by atoms with E-state index in [1.165, 1.54) is 4.68 Å². The molecular weight excluding hydrogens is 236 g/mol. The molecule has 0 spiro atoms. The summed E-state index contributed by atoms with van der Waals surface area (Å²) in [5.41, 5.74) is 0.925. The molecule has 4 nitrogen and oxygen atoms in total. The number of aromatic carboxylic acids is 1. The number of nitrogens with zero attached hydrogens (tertiary/aromatic N) is 2. The number of rotatable bonds is 3. The number of carboxylic acids is 1. The number of hydrogen-bond donors (Lipinski definition) is 1. The fraction of sp³-hybridized carbons (Fsp3) is 0.500. The third kappa shape index (κ3) is 1.91. The van der Waals surface area contributed by atoms with Crippen molar-refractivity contribution in [3.8, 4) is 0 Å². The van der Waals surface area contributed by atoms with Gasteiger partial charge < -0.3 is 5.11 Å². The molecule has 0 aromatic carbocycles. The molecule has 1 aromatic rings. The summed E-state index contributed by atoms with van der Waals surface area (Å²) in [5.74, 6) is -0.968. The van der Waals surface area contributed by atoms with Crippen LogP contribution in [0.5, 0.6) is 0 Å². The predicted molar refractivity (Wildman–Crippen MR) is 51.9 cm³/mol. The fourth-order valence-corrected chi connectivity index (χ4v) is 1.66. The largest absolute Gasteiger partial charge is 0.476 e. The summed E-state index contributed by atoms with van der Waals surface area (Å²) < 4.78 is 2.29. The van der Waals surface area contributed by atoms with E-state index in [4.69, 9.17) is 5.11 Å². The zero-order valence-corrected chi connectivity index (χ0v) is 9.13. The van der Waals surface area contributed by atoms with E-state index < -0.39 is 5.97 Å². The number of carbonyl (C=O) groups is 1. The molecule has 1 heterocycles.